The van der Waals surface area contributed by atoms with Gasteiger partial charge in [-0.3, -0.25) is 0 Å². The number of aromatic nitrogens is 2. The lowest BCUT2D eigenvalue weighted by molar-refractivity contribution is 1.05. The highest BCUT2D eigenvalue weighted by atomic mass is 15.1. The van der Waals surface area contributed by atoms with Crippen LogP contribution in [0.2, 0.25) is 0 Å². The molecule has 1 aromatic carbocycles. The Hall–Kier alpha value is -3.12. The standard InChI is InChI=1S/C15H14N6/c1-3-18-15-19-10(2)6-14(21-15)20-13-5-4-11(8-16)12(7-13)9-17/h4-7H,3H2,1-2H3,(H2,18,19,20,21). The van der Waals surface area contributed by atoms with E-state index in [2.05, 4.69) is 20.6 Å². The van der Waals surface area contributed by atoms with Crippen LogP contribution in [0.1, 0.15) is 23.7 Å². The van der Waals surface area contributed by atoms with Crippen molar-refractivity contribution in [2.75, 3.05) is 17.2 Å². The van der Waals surface area contributed by atoms with Gasteiger partial charge in [0.2, 0.25) is 5.95 Å². The molecule has 0 spiro atoms. The fourth-order valence-electron chi connectivity index (χ4n) is 1.83. The van der Waals surface area contributed by atoms with Crippen molar-refractivity contribution in [1.82, 2.24) is 9.97 Å². The second-order valence-electron chi connectivity index (χ2n) is 4.36. The van der Waals surface area contributed by atoms with Gasteiger partial charge in [0, 0.05) is 24.0 Å². The molecule has 104 valence electrons. The fourth-order valence-corrected chi connectivity index (χ4v) is 1.83. The Morgan fingerprint density at radius 3 is 2.52 bits per heavy atom. The minimum Gasteiger partial charge on any atom is -0.354 e. The molecule has 1 heterocycles. The van der Waals surface area contributed by atoms with Crippen molar-refractivity contribution in [2.24, 2.45) is 0 Å². The van der Waals surface area contributed by atoms with E-state index < -0.39 is 0 Å². The first-order chi connectivity index (χ1) is 10.2. The third kappa shape index (κ3) is 3.46. The summed E-state index contributed by atoms with van der Waals surface area (Å²) in [7, 11) is 0. The van der Waals surface area contributed by atoms with E-state index in [1.54, 1.807) is 18.2 Å². The summed E-state index contributed by atoms with van der Waals surface area (Å²) < 4.78 is 0. The molecule has 0 saturated carbocycles. The largest absolute Gasteiger partial charge is 0.354 e. The Morgan fingerprint density at radius 2 is 1.86 bits per heavy atom. The number of rotatable bonds is 4. The molecule has 2 rings (SSSR count). The number of nitrogens with one attached hydrogen (secondary N) is 2. The average molecular weight is 278 g/mol. The Balaban J connectivity index is 2.30. The summed E-state index contributed by atoms with van der Waals surface area (Å²) in [6.45, 7) is 4.59. The highest BCUT2D eigenvalue weighted by molar-refractivity contribution is 5.62. The van der Waals surface area contributed by atoms with Crippen LogP contribution in [0.3, 0.4) is 0 Å². The van der Waals surface area contributed by atoms with E-state index in [9.17, 15) is 0 Å². The Labute approximate surface area is 123 Å². The van der Waals surface area contributed by atoms with Crippen molar-refractivity contribution in [3.63, 3.8) is 0 Å². The van der Waals surface area contributed by atoms with E-state index >= 15 is 0 Å². The van der Waals surface area contributed by atoms with Crippen molar-refractivity contribution in [3.05, 3.63) is 41.1 Å². The van der Waals surface area contributed by atoms with Crippen LogP contribution in [-0.4, -0.2) is 16.5 Å². The van der Waals surface area contributed by atoms with Crippen molar-refractivity contribution in [1.29, 1.82) is 10.5 Å². The predicted molar refractivity (Wildman–Crippen MR) is 80.1 cm³/mol. The van der Waals surface area contributed by atoms with Gasteiger partial charge in [-0.2, -0.15) is 15.5 Å². The van der Waals surface area contributed by atoms with Crippen molar-refractivity contribution in [2.45, 2.75) is 13.8 Å². The van der Waals surface area contributed by atoms with Gasteiger partial charge in [-0.1, -0.05) is 0 Å². The molecule has 0 saturated heterocycles. The van der Waals surface area contributed by atoms with Crippen molar-refractivity contribution < 1.29 is 0 Å². The number of hydrogen-bond acceptors (Lipinski definition) is 6. The zero-order valence-electron chi connectivity index (χ0n) is 11.8. The van der Waals surface area contributed by atoms with E-state index in [0.29, 0.717) is 28.6 Å². The lowest BCUT2D eigenvalue weighted by atomic mass is 10.1. The number of hydrogen-bond donors (Lipinski definition) is 2. The molecule has 0 aliphatic carbocycles. The van der Waals surface area contributed by atoms with E-state index in [1.165, 1.54) is 0 Å². The Bertz CT molecular complexity index is 739. The molecule has 0 fully saturated rings. The number of benzene rings is 1. The maximum absolute atomic E-state index is 9.03. The molecule has 6 nitrogen and oxygen atoms in total. The molecule has 0 amide bonds. The molecule has 6 heteroatoms. The number of aryl methyl sites for hydroxylation is 1. The van der Waals surface area contributed by atoms with Crippen molar-refractivity contribution in [3.8, 4) is 12.1 Å². The van der Waals surface area contributed by atoms with Crippen LogP contribution >= 0.6 is 0 Å². The van der Waals surface area contributed by atoms with Crippen molar-refractivity contribution >= 4 is 17.5 Å². The van der Waals surface area contributed by atoms with E-state index in [4.69, 9.17) is 10.5 Å². The predicted octanol–water partition coefficient (Wildman–Crippen LogP) is 2.70. The molecule has 0 aliphatic rings. The van der Waals surface area contributed by atoms with E-state index in [1.807, 2.05) is 32.1 Å². The Morgan fingerprint density at radius 1 is 1.10 bits per heavy atom. The summed E-state index contributed by atoms with van der Waals surface area (Å²) in [6, 6.07) is 10.8. The van der Waals surface area contributed by atoms with Crippen LogP contribution in [0.5, 0.6) is 0 Å². The minimum atomic E-state index is 0.334. The zero-order chi connectivity index (χ0) is 15.2. The molecule has 21 heavy (non-hydrogen) atoms. The van der Waals surface area contributed by atoms with E-state index in [-0.39, 0.29) is 0 Å². The number of nitriles is 2. The SMILES string of the molecule is CCNc1nc(C)cc(Nc2ccc(C#N)c(C#N)c2)n1. The molecule has 2 N–H and O–H groups in total. The third-order valence-corrected chi connectivity index (χ3v) is 2.72. The van der Waals surface area contributed by atoms with Gasteiger partial charge in [-0.05, 0) is 32.0 Å². The van der Waals surface area contributed by atoms with Gasteiger partial charge in [0.15, 0.2) is 0 Å². The summed E-state index contributed by atoms with van der Waals surface area (Å²) in [5, 5.41) is 24.1. The lowest BCUT2D eigenvalue weighted by Crippen LogP contribution is -2.05. The van der Waals surface area contributed by atoms with Crippen LogP contribution in [0.4, 0.5) is 17.5 Å². The topological polar surface area (TPSA) is 97.4 Å². The minimum absolute atomic E-state index is 0.334. The van der Waals surface area contributed by atoms with Crippen LogP contribution in [0.25, 0.3) is 0 Å². The summed E-state index contributed by atoms with van der Waals surface area (Å²) in [4.78, 5) is 8.60. The molecule has 0 radical (unpaired) electrons. The smallest absolute Gasteiger partial charge is 0.224 e. The molecule has 0 atom stereocenters. The lowest BCUT2D eigenvalue weighted by Gasteiger charge is -2.09. The van der Waals surface area contributed by atoms with Crippen LogP contribution < -0.4 is 10.6 Å². The van der Waals surface area contributed by atoms with Crippen LogP contribution in [-0.2, 0) is 0 Å². The first kappa shape index (κ1) is 14.3. The summed E-state index contributed by atoms with van der Waals surface area (Å²) in [6.07, 6.45) is 0. The summed E-state index contributed by atoms with van der Waals surface area (Å²) in [5.74, 6) is 1.18. The molecule has 1 aromatic heterocycles. The van der Waals surface area contributed by atoms with Crippen LogP contribution in [0, 0.1) is 29.6 Å². The first-order valence-corrected chi connectivity index (χ1v) is 6.47. The van der Waals surface area contributed by atoms with Gasteiger partial charge >= 0.3 is 0 Å². The number of anilines is 3. The van der Waals surface area contributed by atoms with Gasteiger partial charge < -0.3 is 10.6 Å². The molecule has 0 aliphatic heterocycles. The van der Waals surface area contributed by atoms with Gasteiger partial charge in [0.05, 0.1) is 11.1 Å². The average Bonchev–Trinajstić information content (AvgIpc) is 2.46. The summed E-state index contributed by atoms with van der Waals surface area (Å²) >= 11 is 0. The van der Waals surface area contributed by atoms with Gasteiger partial charge in [0.25, 0.3) is 0 Å². The van der Waals surface area contributed by atoms with E-state index in [0.717, 1.165) is 12.2 Å². The first-order valence-electron chi connectivity index (χ1n) is 6.47. The molecule has 2 aromatic rings. The van der Waals surface area contributed by atoms with Gasteiger partial charge in [0.1, 0.15) is 18.0 Å². The molecular weight excluding hydrogens is 264 g/mol. The zero-order valence-corrected chi connectivity index (χ0v) is 11.8. The maximum Gasteiger partial charge on any atom is 0.224 e. The second kappa shape index (κ2) is 6.36. The molecular formula is C15H14N6. The maximum atomic E-state index is 9.03. The summed E-state index contributed by atoms with van der Waals surface area (Å²) in [5.41, 5.74) is 2.22. The number of nitrogens with zero attached hydrogens (tertiary/aromatic N) is 4. The Kier molecular flexibility index (Phi) is 4.33. The van der Waals surface area contributed by atoms with Gasteiger partial charge in [-0.25, -0.2) is 4.98 Å². The monoisotopic (exact) mass is 278 g/mol. The fraction of sp³-hybridized carbons (Fsp3) is 0.200. The normalized spacial score (nSPS) is 9.52. The second-order valence-corrected chi connectivity index (χ2v) is 4.36. The quantitative estimate of drug-likeness (QED) is 0.892. The molecule has 0 bridgehead atoms. The third-order valence-electron chi connectivity index (χ3n) is 2.72. The highest BCUT2D eigenvalue weighted by Crippen LogP contribution is 2.19. The van der Waals surface area contributed by atoms with Gasteiger partial charge in [-0.15, -0.1) is 0 Å². The highest BCUT2D eigenvalue weighted by Gasteiger charge is 2.05. The van der Waals surface area contributed by atoms with Crippen LogP contribution in [0.15, 0.2) is 24.3 Å². The molecule has 0 unspecified atom stereocenters.